The quantitative estimate of drug-likeness (QED) is 0.385. The SMILES string of the molecule is CSc1cccc(-c2nnc(NC(=O)c3ccccc3NS(=O)(=O)c3ccccc3)o2)c1. The number of sulfonamides is 1. The number of aromatic nitrogens is 2. The standard InChI is InChI=1S/C22H18N4O4S2/c1-31-16-9-7-8-15(14-16)21-24-25-22(30-21)23-20(27)18-12-5-6-13-19(18)26-32(28,29)17-10-3-2-4-11-17/h2-14,26H,1H3,(H,23,25,27). The Morgan fingerprint density at radius 1 is 0.938 bits per heavy atom. The van der Waals surface area contributed by atoms with Crippen molar-refractivity contribution in [3.05, 3.63) is 84.4 Å². The summed E-state index contributed by atoms with van der Waals surface area (Å²) in [5.74, 6) is -0.335. The van der Waals surface area contributed by atoms with E-state index in [4.69, 9.17) is 4.42 Å². The fraction of sp³-hybridized carbons (Fsp3) is 0.0455. The molecule has 2 N–H and O–H groups in total. The van der Waals surface area contributed by atoms with Gasteiger partial charge < -0.3 is 4.42 Å². The minimum atomic E-state index is -3.86. The maximum absolute atomic E-state index is 12.8. The number of carbonyl (C=O) groups excluding carboxylic acids is 1. The van der Waals surface area contributed by atoms with E-state index in [1.165, 1.54) is 24.3 Å². The average Bonchev–Trinajstić information content (AvgIpc) is 3.28. The molecule has 32 heavy (non-hydrogen) atoms. The summed E-state index contributed by atoms with van der Waals surface area (Å²) in [5, 5.41) is 10.4. The smallest absolute Gasteiger partial charge is 0.322 e. The van der Waals surface area contributed by atoms with E-state index in [0.717, 1.165) is 10.5 Å². The summed E-state index contributed by atoms with van der Waals surface area (Å²) in [6.07, 6.45) is 1.96. The van der Waals surface area contributed by atoms with Gasteiger partial charge in [-0.05, 0) is 48.7 Å². The third kappa shape index (κ3) is 4.82. The van der Waals surface area contributed by atoms with Crippen LogP contribution in [0.1, 0.15) is 10.4 Å². The molecule has 4 aromatic rings. The molecule has 10 heteroatoms. The second kappa shape index (κ2) is 9.25. The van der Waals surface area contributed by atoms with E-state index in [-0.39, 0.29) is 28.1 Å². The fourth-order valence-electron chi connectivity index (χ4n) is 2.88. The molecule has 0 spiro atoms. The Bertz CT molecular complexity index is 1360. The Balaban J connectivity index is 1.54. The van der Waals surface area contributed by atoms with Gasteiger partial charge in [-0.25, -0.2) is 8.42 Å². The van der Waals surface area contributed by atoms with Crippen LogP contribution in [0.3, 0.4) is 0 Å². The highest BCUT2D eigenvalue weighted by Gasteiger charge is 2.20. The van der Waals surface area contributed by atoms with Crippen molar-refractivity contribution in [2.24, 2.45) is 0 Å². The molecule has 1 heterocycles. The molecule has 0 unspecified atom stereocenters. The van der Waals surface area contributed by atoms with Crippen molar-refractivity contribution >= 4 is 39.4 Å². The molecule has 0 aliphatic carbocycles. The Morgan fingerprint density at radius 3 is 2.47 bits per heavy atom. The van der Waals surface area contributed by atoms with Gasteiger partial charge in [0, 0.05) is 10.5 Å². The summed E-state index contributed by atoms with van der Waals surface area (Å²) >= 11 is 1.58. The van der Waals surface area contributed by atoms with Gasteiger partial charge in [0.1, 0.15) is 0 Å². The van der Waals surface area contributed by atoms with E-state index < -0.39 is 15.9 Å². The van der Waals surface area contributed by atoms with Crippen LogP contribution >= 0.6 is 11.8 Å². The number of hydrogen-bond acceptors (Lipinski definition) is 7. The minimum Gasteiger partial charge on any atom is -0.403 e. The molecular formula is C22H18N4O4S2. The lowest BCUT2D eigenvalue weighted by Crippen LogP contribution is -2.18. The Labute approximate surface area is 189 Å². The van der Waals surface area contributed by atoms with Crippen LogP contribution < -0.4 is 10.0 Å². The number of para-hydroxylation sites is 1. The van der Waals surface area contributed by atoms with Gasteiger partial charge in [0.05, 0.1) is 16.1 Å². The van der Waals surface area contributed by atoms with Crippen LogP contribution in [0.15, 0.2) is 93.1 Å². The third-order valence-electron chi connectivity index (χ3n) is 4.43. The first-order valence-electron chi connectivity index (χ1n) is 9.42. The summed E-state index contributed by atoms with van der Waals surface area (Å²) in [5.41, 5.74) is 0.957. The summed E-state index contributed by atoms with van der Waals surface area (Å²) in [6, 6.07) is 21.6. The number of nitrogens with one attached hydrogen (secondary N) is 2. The van der Waals surface area contributed by atoms with Gasteiger partial charge in [0.2, 0.25) is 5.89 Å². The number of nitrogens with zero attached hydrogens (tertiary/aromatic N) is 2. The first kappa shape index (κ1) is 21.6. The van der Waals surface area contributed by atoms with Gasteiger partial charge in [0.15, 0.2) is 0 Å². The number of rotatable bonds is 7. The number of hydrogen-bond donors (Lipinski definition) is 2. The third-order valence-corrected chi connectivity index (χ3v) is 6.54. The van der Waals surface area contributed by atoms with E-state index in [1.54, 1.807) is 42.1 Å². The molecule has 1 aromatic heterocycles. The van der Waals surface area contributed by atoms with Crippen LogP contribution in [0.5, 0.6) is 0 Å². The molecule has 3 aromatic carbocycles. The molecule has 0 aliphatic rings. The van der Waals surface area contributed by atoms with Crippen LogP contribution in [-0.4, -0.2) is 30.8 Å². The van der Waals surface area contributed by atoms with Gasteiger partial charge >= 0.3 is 6.01 Å². The fourth-order valence-corrected chi connectivity index (χ4v) is 4.44. The van der Waals surface area contributed by atoms with Gasteiger partial charge in [-0.2, -0.15) is 0 Å². The van der Waals surface area contributed by atoms with Crippen LogP contribution in [0.25, 0.3) is 11.5 Å². The molecule has 0 aliphatic heterocycles. The van der Waals surface area contributed by atoms with Crippen LogP contribution in [0.2, 0.25) is 0 Å². The molecular weight excluding hydrogens is 448 g/mol. The number of anilines is 2. The van der Waals surface area contributed by atoms with Crippen molar-refractivity contribution in [3.8, 4) is 11.5 Å². The molecule has 8 nitrogen and oxygen atoms in total. The number of thioether (sulfide) groups is 1. The van der Waals surface area contributed by atoms with Gasteiger partial charge in [-0.3, -0.25) is 14.8 Å². The van der Waals surface area contributed by atoms with Crippen LogP contribution in [-0.2, 0) is 10.0 Å². The molecule has 1 amide bonds. The van der Waals surface area contributed by atoms with E-state index in [1.807, 2.05) is 30.5 Å². The zero-order chi connectivity index (χ0) is 22.6. The predicted octanol–water partition coefficient (Wildman–Crippen LogP) is 4.51. The first-order chi connectivity index (χ1) is 15.5. The molecule has 0 radical (unpaired) electrons. The van der Waals surface area contributed by atoms with Crippen LogP contribution in [0.4, 0.5) is 11.7 Å². The summed E-state index contributed by atoms with van der Waals surface area (Å²) in [7, 11) is -3.86. The Morgan fingerprint density at radius 2 is 1.69 bits per heavy atom. The normalized spacial score (nSPS) is 11.2. The van der Waals surface area contributed by atoms with E-state index in [2.05, 4.69) is 20.2 Å². The maximum Gasteiger partial charge on any atom is 0.322 e. The van der Waals surface area contributed by atoms with Crippen molar-refractivity contribution in [2.75, 3.05) is 16.3 Å². The maximum atomic E-state index is 12.8. The lowest BCUT2D eigenvalue weighted by atomic mass is 10.2. The largest absolute Gasteiger partial charge is 0.403 e. The van der Waals surface area contributed by atoms with Crippen molar-refractivity contribution in [3.63, 3.8) is 0 Å². The minimum absolute atomic E-state index is 0.0872. The number of carbonyl (C=O) groups is 1. The van der Waals surface area contributed by atoms with Crippen molar-refractivity contribution in [1.29, 1.82) is 0 Å². The lowest BCUT2D eigenvalue weighted by molar-refractivity contribution is 0.102. The highest BCUT2D eigenvalue weighted by atomic mass is 32.2. The predicted molar refractivity (Wildman–Crippen MR) is 123 cm³/mol. The van der Waals surface area contributed by atoms with Crippen molar-refractivity contribution in [1.82, 2.24) is 10.2 Å². The zero-order valence-electron chi connectivity index (χ0n) is 16.8. The number of benzene rings is 3. The highest BCUT2D eigenvalue weighted by molar-refractivity contribution is 7.98. The molecule has 0 saturated heterocycles. The van der Waals surface area contributed by atoms with Gasteiger partial charge in [-0.1, -0.05) is 41.5 Å². The molecule has 162 valence electrons. The summed E-state index contributed by atoms with van der Waals surface area (Å²) < 4.78 is 33.3. The molecule has 0 bridgehead atoms. The monoisotopic (exact) mass is 466 g/mol. The second-order valence-electron chi connectivity index (χ2n) is 6.56. The Kier molecular flexibility index (Phi) is 6.24. The average molecular weight is 467 g/mol. The van der Waals surface area contributed by atoms with Gasteiger partial charge in [-0.15, -0.1) is 16.9 Å². The van der Waals surface area contributed by atoms with Crippen molar-refractivity contribution < 1.29 is 17.6 Å². The first-order valence-corrected chi connectivity index (χ1v) is 12.1. The molecule has 4 rings (SSSR count). The zero-order valence-corrected chi connectivity index (χ0v) is 18.5. The lowest BCUT2D eigenvalue weighted by Gasteiger charge is -2.11. The second-order valence-corrected chi connectivity index (χ2v) is 9.12. The van der Waals surface area contributed by atoms with E-state index in [9.17, 15) is 13.2 Å². The highest BCUT2D eigenvalue weighted by Crippen LogP contribution is 2.25. The van der Waals surface area contributed by atoms with Crippen molar-refractivity contribution in [2.45, 2.75) is 9.79 Å². The molecule has 0 fully saturated rings. The summed E-state index contributed by atoms with van der Waals surface area (Å²) in [6.45, 7) is 0. The van der Waals surface area contributed by atoms with Crippen LogP contribution in [0, 0.1) is 0 Å². The van der Waals surface area contributed by atoms with E-state index >= 15 is 0 Å². The summed E-state index contributed by atoms with van der Waals surface area (Å²) in [4.78, 5) is 13.9. The van der Waals surface area contributed by atoms with E-state index in [0.29, 0.717) is 0 Å². The molecule has 0 atom stereocenters. The Hall–Kier alpha value is -3.63. The topological polar surface area (TPSA) is 114 Å². The number of amides is 1. The molecule has 0 saturated carbocycles. The van der Waals surface area contributed by atoms with Gasteiger partial charge in [0.25, 0.3) is 15.9 Å².